The van der Waals surface area contributed by atoms with E-state index in [0.717, 1.165) is 11.1 Å². The van der Waals surface area contributed by atoms with Crippen LogP contribution in [0.2, 0.25) is 0 Å². The van der Waals surface area contributed by atoms with Gasteiger partial charge in [-0.05, 0) is 30.2 Å². The van der Waals surface area contributed by atoms with Crippen molar-refractivity contribution in [2.75, 3.05) is 0 Å². The molecule has 0 aromatic heterocycles. The third-order valence-corrected chi connectivity index (χ3v) is 4.88. The predicted octanol–water partition coefficient (Wildman–Crippen LogP) is 4.75. The van der Waals surface area contributed by atoms with Crippen molar-refractivity contribution in [3.05, 3.63) is 108 Å². The Morgan fingerprint density at radius 2 is 1.20 bits per heavy atom. The molecule has 0 spiro atoms. The quantitative estimate of drug-likeness (QED) is 0.534. The molecule has 1 amide bonds. The third kappa shape index (κ3) is 3.67. The van der Waals surface area contributed by atoms with Gasteiger partial charge in [0.1, 0.15) is 0 Å². The van der Waals surface area contributed by atoms with E-state index in [0.29, 0.717) is 10.4 Å². The van der Waals surface area contributed by atoms with Gasteiger partial charge in [0.05, 0.1) is 10.4 Å². The fraction of sp³-hybridized carbons (Fsp3) is 0.0909. The summed E-state index contributed by atoms with van der Waals surface area (Å²) in [5.74, 6) is -0.148. The average molecular weight is 345 g/mol. The van der Waals surface area contributed by atoms with Crippen LogP contribution in [0, 0.1) is 0 Å². The molecule has 0 radical (unpaired) electrons. The van der Waals surface area contributed by atoms with Crippen molar-refractivity contribution in [1.29, 1.82) is 0 Å². The standard InChI is InChI=1S/C22H19NOS/c1-22(19-15-9-4-10-16-19,20(25)17-11-5-2-6-12-17)23-21(24)18-13-7-3-8-14-18/h2-16H,1H3,(H,23,24). The van der Waals surface area contributed by atoms with Crippen molar-refractivity contribution in [3.8, 4) is 0 Å². The summed E-state index contributed by atoms with van der Waals surface area (Å²) < 4.78 is 0. The number of hydrogen-bond acceptors (Lipinski definition) is 2. The van der Waals surface area contributed by atoms with Gasteiger partial charge in [0.25, 0.3) is 5.91 Å². The van der Waals surface area contributed by atoms with Crippen LogP contribution < -0.4 is 5.32 Å². The molecule has 0 aliphatic rings. The highest BCUT2D eigenvalue weighted by Crippen LogP contribution is 2.27. The van der Waals surface area contributed by atoms with Crippen molar-refractivity contribution in [2.24, 2.45) is 0 Å². The molecule has 124 valence electrons. The average Bonchev–Trinajstić information content (AvgIpc) is 2.69. The molecule has 2 nitrogen and oxygen atoms in total. The van der Waals surface area contributed by atoms with E-state index in [1.807, 2.05) is 85.8 Å². The summed E-state index contributed by atoms with van der Waals surface area (Å²) in [6.45, 7) is 1.96. The van der Waals surface area contributed by atoms with Gasteiger partial charge in [0, 0.05) is 5.56 Å². The monoisotopic (exact) mass is 345 g/mol. The number of hydrogen-bond donors (Lipinski definition) is 1. The second-order valence-corrected chi connectivity index (χ2v) is 6.41. The SMILES string of the molecule is CC(NC(=O)c1ccccc1)(C(=S)c1ccccc1)c1ccccc1. The van der Waals surface area contributed by atoms with Crippen LogP contribution >= 0.6 is 12.2 Å². The number of amides is 1. The molecular weight excluding hydrogens is 326 g/mol. The molecule has 3 aromatic rings. The highest BCUT2D eigenvalue weighted by Gasteiger charge is 2.34. The minimum Gasteiger partial charge on any atom is -0.338 e. The summed E-state index contributed by atoms with van der Waals surface area (Å²) in [7, 11) is 0. The zero-order valence-corrected chi connectivity index (χ0v) is 14.8. The minimum absolute atomic E-state index is 0.148. The van der Waals surface area contributed by atoms with Gasteiger partial charge >= 0.3 is 0 Å². The Bertz CT molecular complexity index is 862. The lowest BCUT2D eigenvalue weighted by atomic mass is 9.85. The molecule has 0 fully saturated rings. The van der Waals surface area contributed by atoms with Gasteiger partial charge in [-0.3, -0.25) is 4.79 Å². The Labute approximate surface area is 153 Å². The molecule has 1 unspecified atom stereocenters. The van der Waals surface area contributed by atoms with Gasteiger partial charge in [0.2, 0.25) is 0 Å². The number of thiocarbonyl (C=S) groups is 1. The van der Waals surface area contributed by atoms with Crippen LogP contribution in [-0.4, -0.2) is 10.8 Å². The summed E-state index contributed by atoms with van der Waals surface area (Å²) in [6, 6.07) is 28.8. The van der Waals surface area contributed by atoms with Crippen LogP contribution in [0.4, 0.5) is 0 Å². The smallest absolute Gasteiger partial charge is 0.252 e. The number of benzene rings is 3. The van der Waals surface area contributed by atoms with Crippen LogP contribution in [0.3, 0.4) is 0 Å². The molecule has 3 rings (SSSR count). The van der Waals surface area contributed by atoms with Gasteiger partial charge < -0.3 is 5.32 Å². The Kier molecular flexibility index (Phi) is 5.05. The first-order valence-electron chi connectivity index (χ1n) is 8.14. The van der Waals surface area contributed by atoms with Crippen molar-refractivity contribution in [3.63, 3.8) is 0 Å². The fourth-order valence-electron chi connectivity index (χ4n) is 2.80. The topological polar surface area (TPSA) is 29.1 Å². The van der Waals surface area contributed by atoms with Crippen molar-refractivity contribution >= 4 is 23.0 Å². The van der Waals surface area contributed by atoms with Crippen LogP contribution in [-0.2, 0) is 5.54 Å². The molecule has 1 atom stereocenters. The number of carbonyl (C=O) groups excluding carboxylic acids is 1. The van der Waals surface area contributed by atoms with Crippen LogP contribution in [0.25, 0.3) is 0 Å². The zero-order valence-electron chi connectivity index (χ0n) is 14.0. The molecule has 0 bridgehead atoms. The molecule has 0 heterocycles. The first-order valence-corrected chi connectivity index (χ1v) is 8.55. The van der Waals surface area contributed by atoms with Crippen molar-refractivity contribution in [1.82, 2.24) is 5.32 Å². The maximum atomic E-state index is 12.8. The second-order valence-electron chi connectivity index (χ2n) is 6.01. The number of nitrogens with one attached hydrogen (secondary N) is 1. The molecule has 3 aromatic carbocycles. The van der Waals surface area contributed by atoms with Crippen LogP contribution in [0.15, 0.2) is 91.0 Å². The Balaban J connectivity index is 2.01. The lowest BCUT2D eigenvalue weighted by molar-refractivity contribution is 0.0927. The summed E-state index contributed by atoms with van der Waals surface area (Å²) in [4.78, 5) is 13.5. The first-order chi connectivity index (χ1) is 12.1. The van der Waals surface area contributed by atoms with Crippen LogP contribution in [0.5, 0.6) is 0 Å². The maximum Gasteiger partial charge on any atom is 0.252 e. The van der Waals surface area contributed by atoms with E-state index in [-0.39, 0.29) is 5.91 Å². The summed E-state index contributed by atoms with van der Waals surface area (Å²) >= 11 is 5.79. The molecule has 3 heteroatoms. The summed E-state index contributed by atoms with van der Waals surface area (Å²) in [6.07, 6.45) is 0. The van der Waals surface area contributed by atoms with Crippen molar-refractivity contribution < 1.29 is 4.79 Å². The third-order valence-electron chi connectivity index (χ3n) is 4.24. The van der Waals surface area contributed by atoms with Gasteiger partial charge in [-0.1, -0.05) is 91.1 Å². The highest BCUT2D eigenvalue weighted by molar-refractivity contribution is 7.81. The number of rotatable bonds is 5. The zero-order chi connectivity index (χ0) is 17.7. The maximum absolute atomic E-state index is 12.8. The van der Waals surface area contributed by atoms with Gasteiger partial charge in [-0.15, -0.1) is 0 Å². The van der Waals surface area contributed by atoms with E-state index in [4.69, 9.17) is 12.2 Å². The largest absolute Gasteiger partial charge is 0.338 e. The molecule has 1 N–H and O–H groups in total. The van der Waals surface area contributed by atoms with E-state index >= 15 is 0 Å². The molecule has 25 heavy (non-hydrogen) atoms. The highest BCUT2D eigenvalue weighted by atomic mass is 32.1. The lowest BCUT2D eigenvalue weighted by Gasteiger charge is -2.32. The van der Waals surface area contributed by atoms with E-state index in [1.165, 1.54) is 0 Å². The molecule has 0 saturated heterocycles. The molecule has 0 aliphatic heterocycles. The lowest BCUT2D eigenvalue weighted by Crippen LogP contribution is -2.49. The molecule has 0 aliphatic carbocycles. The Morgan fingerprint density at radius 1 is 0.760 bits per heavy atom. The second kappa shape index (κ2) is 7.41. The van der Waals surface area contributed by atoms with Crippen LogP contribution in [0.1, 0.15) is 28.4 Å². The Morgan fingerprint density at radius 3 is 1.72 bits per heavy atom. The van der Waals surface area contributed by atoms with E-state index in [2.05, 4.69) is 5.32 Å². The number of carbonyl (C=O) groups is 1. The molecule has 0 saturated carbocycles. The summed E-state index contributed by atoms with van der Waals surface area (Å²) in [5.41, 5.74) is 1.70. The summed E-state index contributed by atoms with van der Waals surface area (Å²) in [5, 5.41) is 3.14. The van der Waals surface area contributed by atoms with Gasteiger partial charge in [-0.2, -0.15) is 0 Å². The Hall–Kier alpha value is -2.78. The first kappa shape index (κ1) is 17.1. The molecular formula is C22H19NOS. The fourth-order valence-corrected chi connectivity index (χ4v) is 3.10. The van der Waals surface area contributed by atoms with Gasteiger partial charge in [-0.25, -0.2) is 0 Å². The minimum atomic E-state index is -0.787. The normalized spacial score (nSPS) is 12.8. The van der Waals surface area contributed by atoms with Crippen molar-refractivity contribution in [2.45, 2.75) is 12.5 Å². The van der Waals surface area contributed by atoms with E-state index < -0.39 is 5.54 Å². The predicted molar refractivity (Wildman–Crippen MR) is 106 cm³/mol. The van der Waals surface area contributed by atoms with E-state index in [1.54, 1.807) is 12.1 Å². The van der Waals surface area contributed by atoms with Gasteiger partial charge in [0.15, 0.2) is 0 Å². The van der Waals surface area contributed by atoms with E-state index in [9.17, 15) is 4.79 Å².